The van der Waals surface area contributed by atoms with E-state index in [-0.39, 0.29) is 18.4 Å². The second-order valence-electron chi connectivity index (χ2n) is 6.34. The van der Waals surface area contributed by atoms with Crippen LogP contribution in [0.2, 0.25) is 0 Å². The van der Waals surface area contributed by atoms with Gasteiger partial charge >= 0.3 is 5.97 Å². The molecule has 0 saturated carbocycles. The van der Waals surface area contributed by atoms with Crippen LogP contribution >= 0.6 is 0 Å². The number of esters is 1. The van der Waals surface area contributed by atoms with Crippen LogP contribution in [-0.2, 0) is 11.3 Å². The first-order chi connectivity index (χ1) is 14.7. The van der Waals surface area contributed by atoms with E-state index in [1.54, 1.807) is 48.5 Å². The molecule has 1 amide bonds. The van der Waals surface area contributed by atoms with Gasteiger partial charge in [0.05, 0.1) is 5.56 Å². The Hall–Kier alpha value is -4.26. The van der Waals surface area contributed by atoms with E-state index in [2.05, 4.69) is 15.5 Å². The van der Waals surface area contributed by atoms with Gasteiger partial charge in [0.1, 0.15) is 0 Å². The van der Waals surface area contributed by atoms with Crippen LogP contribution in [-0.4, -0.2) is 22.1 Å². The fourth-order valence-electron chi connectivity index (χ4n) is 2.70. The van der Waals surface area contributed by atoms with E-state index in [0.29, 0.717) is 22.7 Å². The standard InChI is InChI=1S/C23H17N3O4/c27-21(16-7-3-1-4-8-16)24-19-13-11-18(12-14-19)23(28)29-15-20-25-26-22(30-20)17-9-5-2-6-10-17/h1-14H,15H2,(H,24,27). The maximum absolute atomic E-state index is 12.3. The maximum Gasteiger partial charge on any atom is 0.338 e. The van der Waals surface area contributed by atoms with E-state index in [0.717, 1.165) is 5.56 Å². The Morgan fingerprint density at radius 2 is 1.47 bits per heavy atom. The molecule has 3 aromatic carbocycles. The predicted molar refractivity (Wildman–Crippen MR) is 110 cm³/mol. The van der Waals surface area contributed by atoms with Crippen LogP contribution in [0, 0.1) is 0 Å². The Morgan fingerprint density at radius 3 is 2.17 bits per heavy atom. The highest BCUT2D eigenvalue weighted by atomic mass is 16.5. The summed E-state index contributed by atoms with van der Waals surface area (Å²) in [4.78, 5) is 24.4. The third-order valence-corrected chi connectivity index (χ3v) is 4.23. The summed E-state index contributed by atoms with van der Waals surface area (Å²) in [5.41, 5.74) is 2.26. The summed E-state index contributed by atoms with van der Waals surface area (Å²) < 4.78 is 10.7. The van der Waals surface area contributed by atoms with Crippen molar-refractivity contribution in [2.75, 3.05) is 5.32 Å². The number of hydrogen-bond donors (Lipinski definition) is 1. The molecule has 0 aliphatic rings. The highest BCUT2D eigenvalue weighted by molar-refractivity contribution is 6.04. The van der Waals surface area contributed by atoms with Gasteiger partial charge in [0, 0.05) is 16.8 Å². The lowest BCUT2D eigenvalue weighted by atomic mass is 10.2. The number of rotatable bonds is 6. The quantitative estimate of drug-likeness (QED) is 0.485. The Kier molecular flexibility index (Phi) is 5.61. The van der Waals surface area contributed by atoms with Gasteiger partial charge in [0.25, 0.3) is 11.8 Å². The van der Waals surface area contributed by atoms with Gasteiger partial charge in [0.2, 0.25) is 5.89 Å². The number of amides is 1. The van der Waals surface area contributed by atoms with Crippen LogP contribution in [0.1, 0.15) is 26.6 Å². The van der Waals surface area contributed by atoms with Gasteiger partial charge in [-0.25, -0.2) is 4.79 Å². The number of carbonyl (C=O) groups excluding carboxylic acids is 2. The third-order valence-electron chi connectivity index (χ3n) is 4.23. The molecule has 148 valence electrons. The zero-order valence-electron chi connectivity index (χ0n) is 15.8. The summed E-state index contributed by atoms with van der Waals surface area (Å²) in [5.74, 6) is -0.193. The van der Waals surface area contributed by atoms with Gasteiger partial charge in [-0.15, -0.1) is 10.2 Å². The Balaban J connectivity index is 1.33. The molecule has 0 bridgehead atoms. The molecule has 0 fully saturated rings. The molecule has 0 unspecified atom stereocenters. The lowest BCUT2D eigenvalue weighted by Gasteiger charge is -2.06. The molecule has 1 heterocycles. The zero-order valence-corrected chi connectivity index (χ0v) is 15.8. The molecule has 0 aliphatic carbocycles. The highest BCUT2D eigenvalue weighted by Crippen LogP contribution is 2.18. The number of nitrogens with one attached hydrogen (secondary N) is 1. The Morgan fingerprint density at radius 1 is 0.800 bits per heavy atom. The van der Waals surface area contributed by atoms with Crippen LogP contribution in [0.3, 0.4) is 0 Å². The monoisotopic (exact) mass is 399 g/mol. The van der Waals surface area contributed by atoms with Crippen molar-refractivity contribution in [2.45, 2.75) is 6.61 Å². The van der Waals surface area contributed by atoms with Gasteiger partial charge in [-0.2, -0.15) is 0 Å². The van der Waals surface area contributed by atoms with Crippen LogP contribution in [0.15, 0.2) is 89.3 Å². The van der Waals surface area contributed by atoms with E-state index in [4.69, 9.17) is 9.15 Å². The number of aromatic nitrogens is 2. The van der Waals surface area contributed by atoms with Crippen LogP contribution in [0.5, 0.6) is 0 Å². The van der Waals surface area contributed by atoms with Crippen molar-refractivity contribution in [1.82, 2.24) is 10.2 Å². The minimum absolute atomic E-state index is 0.134. The molecule has 1 N–H and O–H groups in total. The van der Waals surface area contributed by atoms with Gasteiger partial charge in [0.15, 0.2) is 6.61 Å². The predicted octanol–water partition coefficient (Wildman–Crippen LogP) is 4.35. The normalized spacial score (nSPS) is 10.4. The molecular formula is C23H17N3O4. The van der Waals surface area contributed by atoms with E-state index >= 15 is 0 Å². The molecule has 4 rings (SSSR count). The smallest absolute Gasteiger partial charge is 0.338 e. The molecule has 4 aromatic rings. The number of benzene rings is 3. The van der Waals surface area contributed by atoms with E-state index < -0.39 is 5.97 Å². The van der Waals surface area contributed by atoms with Crippen molar-refractivity contribution in [3.05, 3.63) is 102 Å². The van der Waals surface area contributed by atoms with Gasteiger partial charge < -0.3 is 14.5 Å². The summed E-state index contributed by atoms with van der Waals surface area (Å²) in [5, 5.41) is 10.6. The van der Waals surface area contributed by atoms with Crippen LogP contribution in [0.25, 0.3) is 11.5 Å². The first-order valence-corrected chi connectivity index (χ1v) is 9.20. The number of anilines is 1. The molecular weight excluding hydrogens is 382 g/mol. The lowest BCUT2D eigenvalue weighted by Crippen LogP contribution is -2.12. The Labute approximate surface area is 172 Å². The van der Waals surface area contributed by atoms with Crippen molar-refractivity contribution in [1.29, 1.82) is 0 Å². The lowest BCUT2D eigenvalue weighted by molar-refractivity contribution is 0.0438. The van der Waals surface area contributed by atoms with E-state index in [9.17, 15) is 9.59 Å². The first kappa shape index (κ1) is 19.1. The van der Waals surface area contributed by atoms with E-state index in [1.165, 1.54) is 0 Å². The molecule has 0 atom stereocenters. The maximum atomic E-state index is 12.3. The number of hydrogen-bond acceptors (Lipinski definition) is 6. The van der Waals surface area contributed by atoms with Gasteiger partial charge in [-0.05, 0) is 48.5 Å². The number of carbonyl (C=O) groups is 2. The first-order valence-electron chi connectivity index (χ1n) is 9.20. The molecule has 30 heavy (non-hydrogen) atoms. The fourth-order valence-corrected chi connectivity index (χ4v) is 2.70. The molecule has 7 nitrogen and oxygen atoms in total. The summed E-state index contributed by atoms with van der Waals surface area (Å²) in [6.07, 6.45) is 0. The van der Waals surface area contributed by atoms with Crippen molar-refractivity contribution in [3.63, 3.8) is 0 Å². The van der Waals surface area contributed by atoms with Crippen molar-refractivity contribution in [3.8, 4) is 11.5 Å². The summed E-state index contributed by atoms with van der Waals surface area (Å²) in [6.45, 7) is -0.134. The zero-order chi connectivity index (χ0) is 20.8. The summed E-state index contributed by atoms with van der Waals surface area (Å²) in [6, 6.07) is 24.6. The van der Waals surface area contributed by atoms with Crippen molar-refractivity contribution >= 4 is 17.6 Å². The van der Waals surface area contributed by atoms with Crippen LogP contribution in [0.4, 0.5) is 5.69 Å². The fraction of sp³-hybridized carbons (Fsp3) is 0.0435. The van der Waals surface area contributed by atoms with Gasteiger partial charge in [-0.3, -0.25) is 4.79 Å². The second kappa shape index (κ2) is 8.83. The topological polar surface area (TPSA) is 94.3 Å². The molecule has 0 saturated heterocycles. The second-order valence-corrected chi connectivity index (χ2v) is 6.34. The molecule has 1 aromatic heterocycles. The molecule has 0 aliphatic heterocycles. The summed E-state index contributed by atoms with van der Waals surface area (Å²) >= 11 is 0. The Bertz CT molecular complexity index is 1140. The van der Waals surface area contributed by atoms with Gasteiger partial charge in [-0.1, -0.05) is 36.4 Å². The largest absolute Gasteiger partial charge is 0.452 e. The minimum atomic E-state index is -0.532. The summed E-state index contributed by atoms with van der Waals surface area (Å²) in [7, 11) is 0. The van der Waals surface area contributed by atoms with Crippen molar-refractivity contribution < 1.29 is 18.7 Å². The minimum Gasteiger partial charge on any atom is -0.452 e. The number of nitrogens with zero attached hydrogens (tertiary/aromatic N) is 2. The SMILES string of the molecule is O=C(Nc1ccc(C(=O)OCc2nnc(-c3ccccc3)o2)cc1)c1ccccc1. The number of ether oxygens (including phenoxy) is 1. The van der Waals surface area contributed by atoms with Crippen LogP contribution < -0.4 is 5.32 Å². The average Bonchev–Trinajstić information content (AvgIpc) is 3.28. The average molecular weight is 399 g/mol. The third kappa shape index (κ3) is 4.59. The molecule has 0 radical (unpaired) electrons. The van der Waals surface area contributed by atoms with Crippen molar-refractivity contribution in [2.24, 2.45) is 0 Å². The van der Waals surface area contributed by atoms with E-state index in [1.807, 2.05) is 36.4 Å². The molecule has 7 heteroatoms. The highest BCUT2D eigenvalue weighted by Gasteiger charge is 2.13. The molecule has 0 spiro atoms.